The molecule has 0 amide bonds. The molecule has 4 bridgehead atoms. The van der Waals surface area contributed by atoms with E-state index in [-0.39, 0.29) is 0 Å². The second kappa shape index (κ2) is 7.83. The zero-order chi connectivity index (χ0) is 25.5. The summed E-state index contributed by atoms with van der Waals surface area (Å²) in [6, 6.07) is 43.8. The third-order valence-electron chi connectivity index (χ3n) is 8.02. The summed E-state index contributed by atoms with van der Waals surface area (Å²) < 4.78 is 2.57. The monoisotopic (exact) mass is 512 g/mol. The van der Waals surface area contributed by atoms with Gasteiger partial charge in [-0.1, -0.05) is 97.1 Å². The second-order valence-electron chi connectivity index (χ2n) is 10.2. The Morgan fingerprint density at radius 2 is 1.15 bits per heavy atom. The Morgan fingerprint density at radius 3 is 2.08 bits per heavy atom. The van der Waals surface area contributed by atoms with E-state index in [1.807, 2.05) is 11.3 Å². The molecule has 9 rings (SSSR count). The average molecular weight is 513 g/mol. The maximum absolute atomic E-state index is 5.27. The molecule has 180 valence electrons. The number of fused-ring (bicyclic) bond motifs is 10. The van der Waals surface area contributed by atoms with Crippen molar-refractivity contribution in [3.8, 4) is 11.3 Å². The molecule has 0 atom stereocenters. The molecule has 0 aliphatic heterocycles. The smallest absolute Gasteiger partial charge is 0.161 e. The van der Waals surface area contributed by atoms with Crippen molar-refractivity contribution in [3.63, 3.8) is 0 Å². The van der Waals surface area contributed by atoms with Gasteiger partial charge < -0.3 is 0 Å². The molecule has 0 unspecified atom stereocenters. The zero-order valence-electron chi connectivity index (χ0n) is 20.8. The first-order valence-corrected chi connectivity index (χ1v) is 14.0. The molecule has 0 spiro atoms. The molecule has 0 aliphatic carbocycles. The Labute approximate surface area is 227 Å². The van der Waals surface area contributed by atoms with Gasteiger partial charge in [-0.2, -0.15) is 0 Å². The van der Waals surface area contributed by atoms with Crippen LogP contribution in [-0.4, -0.2) is 9.97 Å². The Bertz CT molecular complexity index is 2450. The summed E-state index contributed by atoms with van der Waals surface area (Å²) in [6.07, 6.45) is 0. The van der Waals surface area contributed by atoms with Crippen LogP contribution in [-0.2, 0) is 0 Å². The molecular weight excluding hydrogens is 492 g/mol. The van der Waals surface area contributed by atoms with Gasteiger partial charge in [0.2, 0.25) is 0 Å². The van der Waals surface area contributed by atoms with E-state index >= 15 is 0 Å². The standard InChI is InChI=1S/C36H20N2S/c1-2-9-25-24(8-1)23-18-16-21-15-17-22-7-5-11-26(34(22)29(21)19-23)30-20-31(38-36(25)37-30)27-12-6-14-33-35(27)28-10-3-4-13-32(28)39-33/h1-20H. The van der Waals surface area contributed by atoms with Crippen molar-refractivity contribution < 1.29 is 0 Å². The van der Waals surface area contributed by atoms with Gasteiger partial charge in [-0.3, -0.25) is 0 Å². The van der Waals surface area contributed by atoms with Gasteiger partial charge >= 0.3 is 0 Å². The van der Waals surface area contributed by atoms with Crippen molar-refractivity contribution in [2.24, 2.45) is 0 Å². The molecule has 3 heterocycles. The van der Waals surface area contributed by atoms with Gasteiger partial charge in [0.15, 0.2) is 5.65 Å². The first-order valence-electron chi connectivity index (χ1n) is 13.2. The molecule has 0 radical (unpaired) electrons. The minimum Gasteiger partial charge on any atom is -0.228 e. The number of hydrogen-bond donors (Lipinski definition) is 0. The summed E-state index contributed by atoms with van der Waals surface area (Å²) in [6.45, 7) is 0. The van der Waals surface area contributed by atoms with Crippen LogP contribution in [0.5, 0.6) is 0 Å². The summed E-state index contributed by atoms with van der Waals surface area (Å²) in [4.78, 5) is 10.5. The van der Waals surface area contributed by atoms with Crippen LogP contribution in [0.4, 0.5) is 0 Å². The minimum atomic E-state index is 0.756. The lowest BCUT2D eigenvalue weighted by molar-refractivity contribution is 1.32. The van der Waals surface area contributed by atoms with Gasteiger partial charge in [0, 0.05) is 36.5 Å². The van der Waals surface area contributed by atoms with Crippen LogP contribution in [0.25, 0.3) is 85.7 Å². The lowest BCUT2D eigenvalue weighted by atomic mass is 9.96. The first-order chi connectivity index (χ1) is 19.3. The molecule has 0 saturated carbocycles. The molecule has 0 aliphatic rings. The third kappa shape index (κ3) is 3.02. The molecule has 3 heteroatoms. The fourth-order valence-corrected chi connectivity index (χ4v) is 7.38. The summed E-state index contributed by atoms with van der Waals surface area (Å²) >= 11 is 1.84. The van der Waals surface area contributed by atoms with E-state index in [0.717, 1.165) is 38.6 Å². The van der Waals surface area contributed by atoms with Crippen LogP contribution in [0.15, 0.2) is 121 Å². The van der Waals surface area contributed by atoms with Crippen molar-refractivity contribution in [1.82, 2.24) is 9.97 Å². The molecule has 6 aromatic carbocycles. The SMILES string of the molecule is c1ccc2c(c1)sc1cccc(-c3cc4nc(n3)c3ccccc3c3ccc5ccc6cccc4c6c5c3)c12. The van der Waals surface area contributed by atoms with E-state index in [0.29, 0.717) is 0 Å². The summed E-state index contributed by atoms with van der Waals surface area (Å²) in [5.74, 6) is 0. The normalized spacial score (nSPS) is 12.1. The highest BCUT2D eigenvalue weighted by atomic mass is 32.1. The highest BCUT2D eigenvalue weighted by molar-refractivity contribution is 7.25. The fourth-order valence-electron chi connectivity index (χ4n) is 6.25. The summed E-state index contributed by atoms with van der Waals surface area (Å²) in [5, 5.41) is 12.0. The van der Waals surface area contributed by atoms with Crippen LogP contribution in [0.1, 0.15) is 0 Å². The molecule has 2 nitrogen and oxygen atoms in total. The Morgan fingerprint density at radius 1 is 0.436 bits per heavy atom. The van der Waals surface area contributed by atoms with Crippen LogP contribution < -0.4 is 0 Å². The average Bonchev–Trinajstić information content (AvgIpc) is 3.39. The third-order valence-corrected chi connectivity index (χ3v) is 9.16. The number of benzene rings is 6. The van der Waals surface area contributed by atoms with Crippen LogP contribution in [0.3, 0.4) is 0 Å². The van der Waals surface area contributed by atoms with Crippen molar-refractivity contribution in [3.05, 3.63) is 121 Å². The van der Waals surface area contributed by atoms with Gasteiger partial charge in [0.05, 0.1) is 11.2 Å². The molecular formula is C36H20N2S. The second-order valence-corrected chi connectivity index (χ2v) is 11.3. The molecule has 0 fully saturated rings. The van der Waals surface area contributed by atoms with Gasteiger partial charge in [-0.25, -0.2) is 9.97 Å². The van der Waals surface area contributed by atoms with Crippen LogP contribution >= 0.6 is 11.3 Å². The maximum atomic E-state index is 5.27. The predicted molar refractivity (Wildman–Crippen MR) is 168 cm³/mol. The number of hydrogen-bond acceptors (Lipinski definition) is 3. The van der Waals surface area contributed by atoms with Crippen molar-refractivity contribution in [2.45, 2.75) is 0 Å². The quantitative estimate of drug-likeness (QED) is 0.204. The highest BCUT2D eigenvalue weighted by Crippen LogP contribution is 2.41. The van der Waals surface area contributed by atoms with Gasteiger partial charge in [0.1, 0.15) is 0 Å². The van der Waals surface area contributed by atoms with Gasteiger partial charge in [-0.05, 0) is 56.6 Å². The Kier molecular flexibility index (Phi) is 4.24. The van der Waals surface area contributed by atoms with Crippen molar-refractivity contribution in [2.75, 3.05) is 0 Å². The Balaban J connectivity index is 1.55. The molecule has 0 saturated heterocycles. The Hall–Kier alpha value is -4.86. The van der Waals surface area contributed by atoms with E-state index in [1.54, 1.807) is 0 Å². The lowest BCUT2D eigenvalue weighted by Crippen LogP contribution is -1.92. The number of thiophene rings is 1. The fraction of sp³-hybridized carbons (Fsp3) is 0. The molecule has 0 N–H and O–H groups in total. The molecule has 9 aromatic rings. The number of nitrogens with zero attached hydrogens (tertiary/aromatic N) is 2. The van der Waals surface area contributed by atoms with Crippen LogP contribution in [0, 0.1) is 0 Å². The van der Waals surface area contributed by atoms with Crippen molar-refractivity contribution >= 4 is 85.8 Å². The van der Waals surface area contributed by atoms with E-state index in [2.05, 4.69) is 121 Å². The number of aromatic nitrogens is 2. The highest BCUT2D eigenvalue weighted by Gasteiger charge is 2.15. The molecule has 3 aromatic heterocycles. The zero-order valence-corrected chi connectivity index (χ0v) is 21.7. The first kappa shape index (κ1) is 21.1. The summed E-state index contributed by atoms with van der Waals surface area (Å²) in [7, 11) is 0. The molecule has 39 heavy (non-hydrogen) atoms. The maximum Gasteiger partial charge on any atom is 0.161 e. The largest absolute Gasteiger partial charge is 0.228 e. The summed E-state index contributed by atoms with van der Waals surface area (Å²) in [5.41, 5.74) is 3.80. The minimum absolute atomic E-state index is 0.756. The van der Waals surface area contributed by atoms with E-state index in [9.17, 15) is 0 Å². The predicted octanol–water partition coefficient (Wildman–Crippen LogP) is 10.3. The van der Waals surface area contributed by atoms with Gasteiger partial charge in [0.25, 0.3) is 0 Å². The lowest BCUT2D eigenvalue weighted by Gasteiger charge is -2.11. The van der Waals surface area contributed by atoms with E-state index < -0.39 is 0 Å². The van der Waals surface area contributed by atoms with E-state index in [4.69, 9.17) is 9.97 Å². The van der Waals surface area contributed by atoms with Crippen molar-refractivity contribution in [1.29, 1.82) is 0 Å². The number of rotatable bonds is 1. The topological polar surface area (TPSA) is 25.8 Å². The van der Waals surface area contributed by atoms with Crippen LogP contribution in [0.2, 0.25) is 0 Å². The van der Waals surface area contributed by atoms with Gasteiger partial charge in [-0.15, -0.1) is 11.3 Å². The van der Waals surface area contributed by atoms with E-state index in [1.165, 1.54) is 47.1 Å².